The van der Waals surface area contributed by atoms with Crippen molar-refractivity contribution in [1.29, 1.82) is 0 Å². The predicted octanol–water partition coefficient (Wildman–Crippen LogP) is 1.70. The Bertz CT molecular complexity index is 1000. The molecule has 2 aromatic rings. The van der Waals surface area contributed by atoms with E-state index < -0.39 is 16.1 Å². The van der Waals surface area contributed by atoms with Crippen LogP contribution in [0.15, 0.2) is 53.4 Å². The Balaban J connectivity index is 1.65. The fourth-order valence-corrected chi connectivity index (χ4v) is 4.80. The van der Waals surface area contributed by atoms with Crippen molar-refractivity contribution in [2.24, 2.45) is 5.73 Å². The highest BCUT2D eigenvalue weighted by atomic mass is 32.2. The molecule has 9 heteroatoms. The average Bonchev–Trinajstić information content (AvgIpc) is 2.99. The van der Waals surface area contributed by atoms with Crippen molar-refractivity contribution >= 4 is 22.0 Å². The summed E-state index contributed by atoms with van der Waals surface area (Å²) in [6.07, 6.45) is 0.567. The highest BCUT2D eigenvalue weighted by Gasteiger charge is 2.28. The maximum absolute atomic E-state index is 12.9. The van der Waals surface area contributed by atoms with Gasteiger partial charge in [-0.25, -0.2) is 13.2 Å². The Morgan fingerprint density at radius 3 is 2.27 bits per heavy atom. The monoisotopic (exact) mass is 430 g/mol. The zero-order valence-electron chi connectivity index (χ0n) is 16.9. The molecule has 0 spiro atoms. The van der Waals surface area contributed by atoms with Crippen LogP contribution < -0.4 is 11.1 Å². The Morgan fingerprint density at radius 1 is 0.967 bits per heavy atom. The van der Waals surface area contributed by atoms with E-state index in [9.17, 15) is 18.0 Å². The summed E-state index contributed by atoms with van der Waals surface area (Å²) < 4.78 is 27.3. The van der Waals surface area contributed by atoms with Crippen LogP contribution in [-0.4, -0.2) is 55.7 Å². The van der Waals surface area contributed by atoms with E-state index in [0.717, 1.165) is 11.1 Å². The lowest BCUT2D eigenvalue weighted by Crippen LogP contribution is -2.37. The molecule has 0 saturated carbocycles. The first-order valence-corrected chi connectivity index (χ1v) is 11.2. The quantitative estimate of drug-likeness (QED) is 0.752. The summed E-state index contributed by atoms with van der Waals surface area (Å²) in [6.45, 7) is 3.64. The van der Waals surface area contributed by atoms with E-state index in [1.807, 2.05) is 6.92 Å². The Hall–Kier alpha value is -2.91. The van der Waals surface area contributed by atoms with E-state index >= 15 is 0 Å². The number of nitrogens with zero attached hydrogens (tertiary/aromatic N) is 2. The summed E-state index contributed by atoms with van der Waals surface area (Å²) >= 11 is 0. The zero-order chi connectivity index (χ0) is 21.7. The predicted molar refractivity (Wildman–Crippen MR) is 113 cm³/mol. The molecule has 30 heavy (non-hydrogen) atoms. The van der Waals surface area contributed by atoms with Crippen LogP contribution in [0.2, 0.25) is 0 Å². The van der Waals surface area contributed by atoms with Gasteiger partial charge in [0.15, 0.2) is 0 Å². The van der Waals surface area contributed by atoms with Crippen LogP contribution in [0, 0.1) is 6.92 Å². The van der Waals surface area contributed by atoms with E-state index in [-0.39, 0.29) is 17.3 Å². The van der Waals surface area contributed by atoms with Gasteiger partial charge in [0.1, 0.15) is 0 Å². The third kappa shape index (κ3) is 5.17. The van der Waals surface area contributed by atoms with Crippen LogP contribution in [0.3, 0.4) is 0 Å². The van der Waals surface area contributed by atoms with Crippen molar-refractivity contribution in [3.63, 3.8) is 0 Å². The molecule has 1 heterocycles. The molecule has 3 rings (SSSR count). The molecule has 0 bridgehead atoms. The van der Waals surface area contributed by atoms with Crippen molar-refractivity contribution in [1.82, 2.24) is 14.5 Å². The topological polar surface area (TPSA) is 113 Å². The van der Waals surface area contributed by atoms with Gasteiger partial charge in [0.2, 0.25) is 10.0 Å². The second-order valence-electron chi connectivity index (χ2n) is 7.28. The normalized spacial score (nSPS) is 15.4. The van der Waals surface area contributed by atoms with E-state index in [1.165, 1.54) is 4.31 Å². The number of nitrogens with one attached hydrogen (secondary N) is 1. The van der Waals surface area contributed by atoms with Gasteiger partial charge in [-0.3, -0.25) is 4.79 Å². The number of rotatable bonds is 5. The minimum atomic E-state index is -3.58. The second kappa shape index (κ2) is 9.27. The fourth-order valence-electron chi connectivity index (χ4n) is 3.33. The van der Waals surface area contributed by atoms with Crippen molar-refractivity contribution in [3.05, 3.63) is 65.2 Å². The molecule has 3 N–H and O–H groups in total. The van der Waals surface area contributed by atoms with Crippen molar-refractivity contribution < 1.29 is 18.0 Å². The minimum Gasteiger partial charge on any atom is -0.352 e. The first-order valence-electron chi connectivity index (χ1n) is 9.76. The first-order chi connectivity index (χ1) is 14.3. The fraction of sp³-hybridized carbons (Fsp3) is 0.333. The largest absolute Gasteiger partial charge is 0.352 e. The van der Waals surface area contributed by atoms with Crippen molar-refractivity contribution in [3.8, 4) is 0 Å². The molecule has 0 aromatic heterocycles. The maximum atomic E-state index is 12.9. The van der Waals surface area contributed by atoms with Crippen LogP contribution in [0.1, 0.15) is 27.9 Å². The molecule has 1 aliphatic rings. The molecule has 3 amide bonds. The van der Waals surface area contributed by atoms with Gasteiger partial charge in [0.25, 0.3) is 5.91 Å². The summed E-state index contributed by atoms with van der Waals surface area (Å²) in [5, 5.41) is 2.50. The van der Waals surface area contributed by atoms with E-state index in [4.69, 9.17) is 5.73 Å². The third-order valence-corrected chi connectivity index (χ3v) is 6.98. The number of carbonyl (C=O) groups excluding carboxylic acids is 2. The molecule has 0 radical (unpaired) electrons. The molecule has 1 fully saturated rings. The van der Waals surface area contributed by atoms with Crippen LogP contribution in [-0.2, 0) is 16.6 Å². The van der Waals surface area contributed by atoms with Crippen molar-refractivity contribution in [2.75, 3.05) is 26.2 Å². The van der Waals surface area contributed by atoms with Gasteiger partial charge >= 0.3 is 6.03 Å². The van der Waals surface area contributed by atoms with Crippen LogP contribution in [0.4, 0.5) is 4.79 Å². The number of carbonyl (C=O) groups is 2. The molecule has 2 aromatic carbocycles. The highest BCUT2D eigenvalue weighted by molar-refractivity contribution is 7.89. The molecular formula is C21H26N4O4S. The van der Waals surface area contributed by atoms with Gasteiger partial charge in [-0.1, -0.05) is 29.8 Å². The van der Waals surface area contributed by atoms with Gasteiger partial charge in [-0.05, 0) is 43.2 Å². The lowest BCUT2D eigenvalue weighted by molar-refractivity contribution is 0.0764. The number of amides is 3. The molecule has 8 nitrogen and oxygen atoms in total. The van der Waals surface area contributed by atoms with E-state index in [2.05, 4.69) is 5.32 Å². The number of hydrogen-bond donors (Lipinski definition) is 2. The van der Waals surface area contributed by atoms with Gasteiger partial charge in [0.05, 0.1) is 4.90 Å². The number of hydrogen-bond acceptors (Lipinski definition) is 4. The van der Waals surface area contributed by atoms with Crippen LogP contribution in [0.5, 0.6) is 0 Å². The van der Waals surface area contributed by atoms with Crippen LogP contribution in [0.25, 0.3) is 0 Å². The lowest BCUT2D eigenvalue weighted by atomic mass is 10.1. The van der Waals surface area contributed by atoms with Crippen LogP contribution >= 0.6 is 0 Å². The SMILES string of the molecule is Cc1ccc(S(=O)(=O)N2CCCN(C(=O)c3ccc(CNC(N)=O)cc3)CC2)cc1. The molecule has 1 aliphatic heterocycles. The smallest absolute Gasteiger partial charge is 0.312 e. The standard InChI is InChI=1S/C21H26N4O4S/c1-16-3-9-19(10-4-16)30(28,29)25-12-2-11-24(13-14-25)20(26)18-7-5-17(6-8-18)15-23-21(22)27/h3-10H,2,11-15H2,1H3,(H3,22,23,27). The van der Waals surface area contributed by atoms with Crippen molar-refractivity contribution in [2.45, 2.75) is 24.8 Å². The summed E-state index contributed by atoms with van der Waals surface area (Å²) in [4.78, 5) is 25.6. The second-order valence-corrected chi connectivity index (χ2v) is 9.22. The zero-order valence-corrected chi connectivity index (χ0v) is 17.7. The summed E-state index contributed by atoms with van der Waals surface area (Å²) in [7, 11) is -3.58. The molecule has 0 aliphatic carbocycles. The number of sulfonamides is 1. The van der Waals surface area contributed by atoms with Gasteiger partial charge in [0, 0.05) is 38.3 Å². The Morgan fingerprint density at radius 2 is 1.63 bits per heavy atom. The lowest BCUT2D eigenvalue weighted by Gasteiger charge is -2.22. The first kappa shape index (κ1) is 21.8. The molecule has 0 unspecified atom stereocenters. The van der Waals surface area contributed by atoms with Gasteiger partial charge in [-0.15, -0.1) is 0 Å². The summed E-state index contributed by atoms with van der Waals surface area (Å²) in [5.74, 6) is -0.140. The maximum Gasteiger partial charge on any atom is 0.312 e. The molecule has 0 atom stereocenters. The Labute approximate surface area is 176 Å². The number of primary amides is 1. The minimum absolute atomic E-state index is 0.140. The molecule has 1 saturated heterocycles. The molecular weight excluding hydrogens is 404 g/mol. The number of aryl methyl sites for hydroxylation is 1. The number of nitrogens with two attached hydrogens (primary N) is 1. The summed E-state index contributed by atoms with van der Waals surface area (Å²) in [5.41, 5.74) is 7.41. The highest BCUT2D eigenvalue weighted by Crippen LogP contribution is 2.19. The third-order valence-electron chi connectivity index (χ3n) is 5.07. The van der Waals surface area contributed by atoms with E-state index in [1.54, 1.807) is 53.4 Å². The molecule has 160 valence electrons. The Kier molecular flexibility index (Phi) is 6.73. The summed E-state index contributed by atoms with van der Waals surface area (Å²) in [6, 6.07) is 13.1. The van der Waals surface area contributed by atoms with E-state index in [0.29, 0.717) is 38.2 Å². The number of urea groups is 1. The number of benzene rings is 2. The average molecular weight is 431 g/mol. The van der Waals surface area contributed by atoms with Gasteiger partial charge in [-0.2, -0.15) is 4.31 Å². The van der Waals surface area contributed by atoms with Gasteiger partial charge < -0.3 is 16.0 Å².